The van der Waals surface area contributed by atoms with Gasteiger partial charge in [-0.1, -0.05) is 43.0 Å². The lowest BCUT2D eigenvalue weighted by Crippen LogP contribution is -2.55. The molecular weight excluding hydrogens is 522 g/mol. The third-order valence-corrected chi connectivity index (χ3v) is 10.1. The number of anilines is 2. The quantitative estimate of drug-likeness (QED) is 0.412. The van der Waals surface area contributed by atoms with E-state index in [1.807, 2.05) is 0 Å². The number of carbonyl (C=O) groups is 1. The molecule has 0 spiro atoms. The summed E-state index contributed by atoms with van der Waals surface area (Å²) in [7, 11) is 2.25. The normalized spacial score (nSPS) is 23.5. The number of piperazine rings is 1. The zero-order valence-corrected chi connectivity index (χ0v) is 24.5. The lowest BCUT2D eigenvalue weighted by atomic mass is 9.92. The maximum Gasteiger partial charge on any atom is 0.246 e. The molecule has 8 heteroatoms. The van der Waals surface area contributed by atoms with Gasteiger partial charge in [-0.25, -0.2) is 9.97 Å². The van der Waals surface area contributed by atoms with Crippen LogP contribution in [0.1, 0.15) is 49.2 Å². The van der Waals surface area contributed by atoms with Crippen LogP contribution >= 0.6 is 0 Å². The maximum atomic E-state index is 12.6. The average Bonchev–Trinajstić information content (AvgIpc) is 3.72. The smallest absolute Gasteiger partial charge is 0.246 e. The topological polar surface area (TPSA) is 79.6 Å². The summed E-state index contributed by atoms with van der Waals surface area (Å²) in [6.07, 6.45) is 7.20. The molecule has 2 aromatic carbocycles. The zero-order chi connectivity index (χ0) is 28.8. The van der Waals surface area contributed by atoms with E-state index in [4.69, 9.17) is 9.97 Å². The van der Waals surface area contributed by atoms with Crippen LogP contribution < -0.4 is 9.80 Å². The van der Waals surface area contributed by atoms with E-state index < -0.39 is 0 Å². The van der Waals surface area contributed by atoms with E-state index in [-0.39, 0.29) is 17.4 Å². The van der Waals surface area contributed by atoms with Crippen molar-refractivity contribution in [3.8, 4) is 6.07 Å². The molecule has 8 nitrogen and oxygen atoms in total. The van der Waals surface area contributed by atoms with E-state index in [9.17, 15) is 10.1 Å². The molecule has 0 unspecified atom stereocenters. The number of carbonyl (C=O) groups excluding carboxylic acids is 1. The molecule has 0 bridgehead atoms. The molecule has 3 aliphatic heterocycles. The van der Waals surface area contributed by atoms with Gasteiger partial charge >= 0.3 is 0 Å². The fourth-order valence-corrected chi connectivity index (χ4v) is 7.77. The summed E-state index contributed by atoms with van der Waals surface area (Å²) in [5, 5.41) is 12.1. The molecule has 7 rings (SSSR count). The molecule has 0 N–H and O–H groups in total. The predicted octanol–water partition coefficient (Wildman–Crippen LogP) is 4.44. The number of nitriles is 1. The Balaban J connectivity index is 1.29. The van der Waals surface area contributed by atoms with Crippen molar-refractivity contribution in [3.63, 3.8) is 0 Å². The van der Waals surface area contributed by atoms with Crippen LogP contribution in [-0.4, -0.2) is 77.5 Å². The Morgan fingerprint density at radius 3 is 2.69 bits per heavy atom. The first-order chi connectivity index (χ1) is 20.5. The van der Waals surface area contributed by atoms with Gasteiger partial charge in [-0.15, -0.1) is 0 Å². The molecule has 1 saturated carbocycles. The highest BCUT2D eigenvalue weighted by Gasteiger charge is 2.56. The highest BCUT2D eigenvalue weighted by atomic mass is 16.2. The van der Waals surface area contributed by atoms with Gasteiger partial charge in [0, 0.05) is 54.3 Å². The molecule has 2 saturated heterocycles. The van der Waals surface area contributed by atoms with Crippen molar-refractivity contribution in [2.45, 2.75) is 62.6 Å². The summed E-state index contributed by atoms with van der Waals surface area (Å²) in [5.74, 6) is 1.91. The Labute approximate surface area is 248 Å². The second-order valence-electron chi connectivity index (χ2n) is 12.5. The molecule has 4 heterocycles. The number of benzene rings is 2. The van der Waals surface area contributed by atoms with Gasteiger partial charge in [-0.3, -0.25) is 4.79 Å². The maximum absolute atomic E-state index is 12.6. The number of rotatable bonds is 6. The summed E-state index contributed by atoms with van der Waals surface area (Å²) >= 11 is 0. The third kappa shape index (κ3) is 4.51. The highest BCUT2D eigenvalue weighted by molar-refractivity contribution is 5.94. The minimum atomic E-state index is -0.185. The standard InChI is InChI=1S/C34H39N7O/c1-3-31(42)41-21-20-40(22-25(41)13-17-35)32-27-14-19-39(29-11-6-9-24-8-4-5-10-26(24)29)23-28(27)36-33(37-32)34(15-16-34)30-12-7-18-38(30)2/h3-6,8-11,25,30H,1,7,12-16,18-23H2,2H3/t25-,30-/m0/s1. The van der Waals surface area contributed by atoms with E-state index in [0.717, 1.165) is 56.2 Å². The highest BCUT2D eigenvalue weighted by Crippen LogP contribution is 2.54. The van der Waals surface area contributed by atoms with E-state index in [2.05, 4.69) is 76.9 Å². The predicted molar refractivity (Wildman–Crippen MR) is 165 cm³/mol. The number of fused-ring (bicyclic) bond motifs is 2. The Morgan fingerprint density at radius 1 is 1.10 bits per heavy atom. The fourth-order valence-electron chi connectivity index (χ4n) is 7.77. The van der Waals surface area contributed by atoms with Gasteiger partial charge in [0.15, 0.2) is 0 Å². The first kappa shape index (κ1) is 26.9. The average molecular weight is 562 g/mol. The molecule has 2 atom stereocenters. The molecule has 216 valence electrons. The van der Waals surface area contributed by atoms with Crippen LogP contribution in [0.2, 0.25) is 0 Å². The molecule has 1 amide bonds. The Bertz CT molecular complexity index is 1570. The largest absolute Gasteiger partial charge is 0.365 e. The second kappa shape index (κ2) is 10.7. The minimum absolute atomic E-state index is 0.0173. The van der Waals surface area contributed by atoms with Gasteiger partial charge in [0.2, 0.25) is 5.91 Å². The van der Waals surface area contributed by atoms with Crippen molar-refractivity contribution < 1.29 is 4.79 Å². The van der Waals surface area contributed by atoms with E-state index in [1.165, 1.54) is 40.9 Å². The van der Waals surface area contributed by atoms with Crippen molar-refractivity contribution in [1.82, 2.24) is 19.8 Å². The fraction of sp³-hybridized carbons (Fsp3) is 0.471. The van der Waals surface area contributed by atoms with Gasteiger partial charge < -0.3 is 19.6 Å². The van der Waals surface area contributed by atoms with Crippen LogP contribution in [0, 0.1) is 11.3 Å². The molecule has 4 aliphatic rings. The first-order valence-corrected chi connectivity index (χ1v) is 15.4. The molecule has 1 aromatic heterocycles. The molecule has 1 aliphatic carbocycles. The summed E-state index contributed by atoms with van der Waals surface area (Å²) in [6, 6.07) is 17.8. The summed E-state index contributed by atoms with van der Waals surface area (Å²) in [4.78, 5) is 32.6. The van der Waals surface area contributed by atoms with Crippen LogP contribution in [0.4, 0.5) is 11.5 Å². The number of likely N-dealkylation sites (tertiary alicyclic amines) is 1. The van der Waals surface area contributed by atoms with Crippen molar-refractivity contribution in [2.24, 2.45) is 0 Å². The number of aromatic nitrogens is 2. The van der Waals surface area contributed by atoms with Crippen molar-refractivity contribution in [1.29, 1.82) is 5.26 Å². The number of hydrogen-bond donors (Lipinski definition) is 0. The third-order valence-electron chi connectivity index (χ3n) is 10.1. The lowest BCUT2D eigenvalue weighted by molar-refractivity contribution is -0.128. The Hall–Kier alpha value is -3.96. The SMILES string of the molecule is C=CC(=O)N1CCN(c2nc(C3([C@@H]4CCCN4C)CC3)nc3c2CCN(c2cccc4ccccc24)C3)C[C@@H]1CC#N. The first-order valence-electron chi connectivity index (χ1n) is 15.4. The van der Waals surface area contributed by atoms with Crippen LogP contribution in [0.15, 0.2) is 55.1 Å². The van der Waals surface area contributed by atoms with E-state index >= 15 is 0 Å². The van der Waals surface area contributed by atoms with E-state index in [0.29, 0.717) is 32.1 Å². The summed E-state index contributed by atoms with van der Waals surface area (Å²) in [5.41, 5.74) is 3.62. The van der Waals surface area contributed by atoms with Gasteiger partial charge in [-0.2, -0.15) is 5.26 Å². The lowest BCUT2D eigenvalue weighted by Gasteiger charge is -2.42. The van der Waals surface area contributed by atoms with Crippen LogP contribution in [-0.2, 0) is 23.2 Å². The molecular formula is C34H39N7O. The second-order valence-corrected chi connectivity index (χ2v) is 12.5. The van der Waals surface area contributed by atoms with Crippen LogP contribution in [0.3, 0.4) is 0 Å². The Morgan fingerprint density at radius 2 is 1.93 bits per heavy atom. The summed E-state index contributed by atoms with van der Waals surface area (Å²) in [6.45, 7) is 8.31. The molecule has 3 fully saturated rings. The monoisotopic (exact) mass is 561 g/mol. The zero-order valence-electron chi connectivity index (χ0n) is 24.5. The van der Waals surface area contributed by atoms with Crippen molar-refractivity contribution in [2.75, 3.05) is 49.6 Å². The van der Waals surface area contributed by atoms with Crippen LogP contribution in [0.5, 0.6) is 0 Å². The van der Waals surface area contributed by atoms with Crippen LogP contribution in [0.25, 0.3) is 10.8 Å². The van der Waals surface area contributed by atoms with Gasteiger partial charge in [-0.05, 0) is 63.2 Å². The minimum Gasteiger partial charge on any atom is -0.365 e. The number of likely N-dealkylation sites (N-methyl/N-ethyl adjacent to an activating group) is 1. The summed E-state index contributed by atoms with van der Waals surface area (Å²) < 4.78 is 0. The van der Waals surface area contributed by atoms with Crippen molar-refractivity contribution in [3.05, 3.63) is 72.2 Å². The van der Waals surface area contributed by atoms with E-state index in [1.54, 1.807) is 4.90 Å². The van der Waals surface area contributed by atoms with Gasteiger partial charge in [0.05, 0.1) is 30.8 Å². The van der Waals surface area contributed by atoms with Gasteiger partial charge in [0.25, 0.3) is 0 Å². The van der Waals surface area contributed by atoms with Crippen molar-refractivity contribution >= 4 is 28.2 Å². The number of hydrogen-bond acceptors (Lipinski definition) is 7. The molecule has 0 radical (unpaired) electrons. The van der Waals surface area contributed by atoms with Gasteiger partial charge in [0.1, 0.15) is 11.6 Å². The molecule has 42 heavy (non-hydrogen) atoms. The molecule has 3 aromatic rings. The Kier molecular flexibility index (Phi) is 6.86. The number of amides is 1. The number of nitrogens with zero attached hydrogens (tertiary/aromatic N) is 7.